The minimum Gasteiger partial charge on any atom is -0.494 e. The number of nitrogens with zero attached hydrogens (tertiary/aromatic N) is 2. The summed E-state index contributed by atoms with van der Waals surface area (Å²) < 4.78 is 12.0. The Balaban J connectivity index is 1.49. The van der Waals surface area contributed by atoms with Gasteiger partial charge < -0.3 is 19.4 Å². The molecule has 1 aliphatic rings. The van der Waals surface area contributed by atoms with Crippen LogP contribution in [-0.2, 0) is 6.54 Å². The molecular weight excluding hydrogens is 430 g/mol. The molecule has 2 aromatic carbocycles. The summed E-state index contributed by atoms with van der Waals surface area (Å²) in [6, 6.07) is 28.1. The average molecular weight is 456 g/mol. The number of rotatable bonds is 7. The third-order valence-electron chi connectivity index (χ3n) is 5.76. The fourth-order valence-electron chi connectivity index (χ4n) is 4.21. The largest absolute Gasteiger partial charge is 0.494 e. The quantitative estimate of drug-likeness (QED) is 0.350. The molecule has 166 valence electrons. The van der Waals surface area contributed by atoms with Crippen LogP contribution < -0.4 is 10.1 Å². The standard InChI is InChI=1S/C27H25N3O2S/c1-2-31-21-13-11-20(12-14-21)23-15-16-24(32-23)26-25(22-10-6-7-17-28-22)29-27(33)30(26)18-19-8-4-3-5-9-19/h3-17,25-26H,2,18H2,1H3,(H,29,33). The molecule has 1 N–H and O–H groups in total. The van der Waals surface area contributed by atoms with Crippen molar-refractivity contribution in [3.05, 3.63) is 108 Å². The van der Waals surface area contributed by atoms with Crippen molar-refractivity contribution in [2.75, 3.05) is 6.61 Å². The van der Waals surface area contributed by atoms with Crippen LogP contribution in [0.25, 0.3) is 11.3 Å². The third-order valence-corrected chi connectivity index (χ3v) is 6.11. The van der Waals surface area contributed by atoms with Gasteiger partial charge in [0.2, 0.25) is 0 Å². The minimum absolute atomic E-state index is 0.109. The molecule has 4 aromatic rings. The highest BCUT2D eigenvalue weighted by Gasteiger charge is 2.41. The SMILES string of the molecule is CCOc1ccc(-c2ccc(C3C(c4ccccn4)NC(=S)N3Cc3ccccc3)o2)cc1. The van der Waals surface area contributed by atoms with E-state index < -0.39 is 0 Å². The summed E-state index contributed by atoms with van der Waals surface area (Å²) in [7, 11) is 0. The van der Waals surface area contributed by atoms with Gasteiger partial charge in [0.05, 0.1) is 18.3 Å². The number of pyridine rings is 1. The Labute approximate surface area is 199 Å². The molecule has 0 saturated carbocycles. The molecular formula is C27H25N3O2S. The Bertz CT molecular complexity index is 1210. The molecule has 5 rings (SSSR count). The lowest BCUT2D eigenvalue weighted by atomic mass is 10.0. The van der Waals surface area contributed by atoms with Crippen LogP contribution in [0.1, 0.15) is 36.0 Å². The first-order valence-corrected chi connectivity index (χ1v) is 11.5. The van der Waals surface area contributed by atoms with Crippen LogP contribution in [-0.4, -0.2) is 21.6 Å². The molecule has 5 nitrogen and oxygen atoms in total. The van der Waals surface area contributed by atoms with Crippen LogP contribution in [0.15, 0.2) is 95.5 Å². The van der Waals surface area contributed by atoms with Crippen molar-refractivity contribution >= 4 is 17.3 Å². The van der Waals surface area contributed by atoms with Crippen molar-refractivity contribution in [3.63, 3.8) is 0 Å². The summed E-state index contributed by atoms with van der Waals surface area (Å²) in [5.74, 6) is 2.51. The lowest BCUT2D eigenvalue weighted by molar-refractivity contribution is 0.269. The third kappa shape index (κ3) is 4.47. The lowest BCUT2D eigenvalue weighted by Crippen LogP contribution is -2.29. The van der Waals surface area contributed by atoms with Crippen LogP contribution in [0.4, 0.5) is 0 Å². The second-order valence-corrected chi connectivity index (χ2v) is 8.29. The highest BCUT2D eigenvalue weighted by molar-refractivity contribution is 7.80. The zero-order valence-electron chi connectivity index (χ0n) is 18.3. The lowest BCUT2D eigenvalue weighted by Gasteiger charge is -2.26. The number of hydrogen-bond acceptors (Lipinski definition) is 4. The summed E-state index contributed by atoms with van der Waals surface area (Å²) in [4.78, 5) is 6.79. The Hall–Kier alpha value is -3.64. The van der Waals surface area contributed by atoms with Gasteiger partial charge in [-0.3, -0.25) is 4.98 Å². The molecule has 1 aliphatic heterocycles. The van der Waals surface area contributed by atoms with Gasteiger partial charge in [0.25, 0.3) is 0 Å². The first-order chi connectivity index (χ1) is 16.2. The maximum atomic E-state index is 6.41. The maximum absolute atomic E-state index is 6.41. The van der Waals surface area contributed by atoms with E-state index in [4.69, 9.17) is 21.4 Å². The molecule has 1 saturated heterocycles. The van der Waals surface area contributed by atoms with Gasteiger partial charge >= 0.3 is 0 Å². The van der Waals surface area contributed by atoms with E-state index in [1.165, 1.54) is 5.56 Å². The smallest absolute Gasteiger partial charge is 0.170 e. The van der Waals surface area contributed by atoms with Crippen molar-refractivity contribution in [1.82, 2.24) is 15.2 Å². The molecule has 2 atom stereocenters. The fraction of sp³-hybridized carbons (Fsp3) is 0.185. The van der Waals surface area contributed by atoms with Gasteiger partial charge in [0.1, 0.15) is 23.3 Å². The van der Waals surface area contributed by atoms with E-state index in [0.717, 1.165) is 28.5 Å². The average Bonchev–Trinajstić information content (AvgIpc) is 3.46. The van der Waals surface area contributed by atoms with Gasteiger partial charge in [-0.05, 0) is 73.2 Å². The number of thiocarbonyl (C=S) groups is 1. The van der Waals surface area contributed by atoms with Crippen molar-refractivity contribution in [1.29, 1.82) is 0 Å². The van der Waals surface area contributed by atoms with Gasteiger partial charge in [0.15, 0.2) is 5.11 Å². The topological polar surface area (TPSA) is 50.5 Å². The van der Waals surface area contributed by atoms with Crippen LogP contribution in [0.2, 0.25) is 0 Å². The zero-order valence-corrected chi connectivity index (χ0v) is 19.2. The summed E-state index contributed by atoms with van der Waals surface area (Å²) in [6.07, 6.45) is 1.81. The predicted molar refractivity (Wildman–Crippen MR) is 133 cm³/mol. The van der Waals surface area contributed by atoms with Gasteiger partial charge in [-0.15, -0.1) is 0 Å². The number of ether oxygens (including phenoxy) is 1. The Morgan fingerprint density at radius 3 is 2.48 bits per heavy atom. The van der Waals surface area contributed by atoms with Crippen LogP contribution in [0.3, 0.4) is 0 Å². The van der Waals surface area contributed by atoms with E-state index in [1.54, 1.807) is 0 Å². The van der Waals surface area contributed by atoms with Gasteiger partial charge in [-0.2, -0.15) is 0 Å². The summed E-state index contributed by atoms with van der Waals surface area (Å²) in [5.41, 5.74) is 3.12. The van der Waals surface area contributed by atoms with E-state index >= 15 is 0 Å². The highest BCUT2D eigenvalue weighted by atomic mass is 32.1. The summed E-state index contributed by atoms with van der Waals surface area (Å²) in [5, 5.41) is 4.17. The fourth-order valence-corrected chi connectivity index (χ4v) is 4.52. The molecule has 2 aromatic heterocycles. The number of nitrogens with one attached hydrogen (secondary N) is 1. The molecule has 0 aliphatic carbocycles. The molecule has 0 bridgehead atoms. The van der Waals surface area contributed by atoms with Gasteiger partial charge in [-0.1, -0.05) is 36.4 Å². The van der Waals surface area contributed by atoms with E-state index in [9.17, 15) is 0 Å². The van der Waals surface area contributed by atoms with E-state index in [0.29, 0.717) is 18.3 Å². The van der Waals surface area contributed by atoms with Crippen LogP contribution in [0.5, 0.6) is 5.75 Å². The zero-order chi connectivity index (χ0) is 22.6. The number of furan rings is 1. The Morgan fingerprint density at radius 2 is 1.76 bits per heavy atom. The first kappa shape index (κ1) is 21.2. The van der Waals surface area contributed by atoms with Gasteiger partial charge in [-0.25, -0.2) is 0 Å². The van der Waals surface area contributed by atoms with Crippen molar-refractivity contribution in [2.45, 2.75) is 25.6 Å². The molecule has 6 heteroatoms. The van der Waals surface area contributed by atoms with Crippen molar-refractivity contribution < 1.29 is 9.15 Å². The van der Waals surface area contributed by atoms with E-state index in [-0.39, 0.29) is 12.1 Å². The normalized spacial score (nSPS) is 17.7. The molecule has 0 spiro atoms. The Morgan fingerprint density at radius 1 is 0.970 bits per heavy atom. The maximum Gasteiger partial charge on any atom is 0.170 e. The molecule has 0 amide bonds. The predicted octanol–water partition coefficient (Wildman–Crippen LogP) is 5.91. The summed E-state index contributed by atoms with van der Waals surface area (Å²) in [6.45, 7) is 3.30. The summed E-state index contributed by atoms with van der Waals surface area (Å²) >= 11 is 5.76. The molecule has 33 heavy (non-hydrogen) atoms. The minimum atomic E-state index is -0.121. The number of benzene rings is 2. The molecule has 1 fully saturated rings. The molecule has 3 heterocycles. The second-order valence-electron chi connectivity index (χ2n) is 7.90. The second kappa shape index (κ2) is 9.46. The first-order valence-electron chi connectivity index (χ1n) is 11.1. The number of aromatic nitrogens is 1. The Kier molecular flexibility index (Phi) is 6.09. The van der Waals surface area contributed by atoms with E-state index in [2.05, 4.69) is 27.3 Å². The van der Waals surface area contributed by atoms with Crippen molar-refractivity contribution in [3.8, 4) is 17.1 Å². The van der Waals surface area contributed by atoms with Gasteiger partial charge in [0, 0.05) is 18.3 Å². The van der Waals surface area contributed by atoms with Crippen LogP contribution in [0, 0.1) is 0 Å². The van der Waals surface area contributed by atoms with Crippen LogP contribution >= 0.6 is 12.2 Å². The van der Waals surface area contributed by atoms with Crippen molar-refractivity contribution in [2.24, 2.45) is 0 Å². The molecule has 0 radical (unpaired) electrons. The number of hydrogen-bond donors (Lipinski definition) is 1. The van der Waals surface area contributed by atoms with E-state index in [1.807, 2.05) is 85.9 Å². The monoisotopic (exact) mass is 455 g/mol. The molecule has 2 unspecified atom stereocenters. The highest BCUT2D eigenvalue weighted by Crippen LogP contribution is 2.41.